The Bertz CT molecular complexity index is 447. The Morgan fingerprint density at radius 2 is 2.29 bits per heavy atom. The molecule has 0 aliphatic rings. The first-order valence-corrected chi connectivity index (χ1v) is 4.99. The number of carbonyl (C=O) groups is 1. The highest BCUT2D eigenvalue weighted by Crippen LogP contribution is 2.27. The smallest absolute Gasteiger partial charge is 0.273 e. The number of nitro benzene ring substituents is 1. The predicted molar refractivity (Wildman–Crippen MR) is 61.7 cm³/mol. The molecular formula is C10H13N3O4. The van der Waals surface area contributed by atoms with Crippen molar-refractivity contribution in [2.75, 3.05) is 5.32 Å². The second-order valence-electron chi connectivity index (χ2n) is 3.46. The molecule has 0 saturated heterocycles. The fourth-order valence-corrected chi connectivity index (χ4v) is 1.15. The van der Waals surface area contributed by atoms with Crippen molar-refractivity contribution in [3.8, 4) is 5.75 Å². The van der Waals surface area contributed by atoms with E-state index in [1.807, 2.05) is 0 Å². The first kappa shape index (κ1) is 12.9. The van der Waals surface area contributed by atoms with Crippen LogP contribution in [-0.2, 0) is 4.79 Å². The first-order chi connectivity index (χ1) is 7.95. The lowest BCUT2D eigenvalue weighted by Crippen LogP contribution is -2.34. The average molecular weight is 239 g/mol. The number of phenols is 1. The van der Waals surface area contributed by atoms with E-state index >= 15 is 0 Å². The van der Waals surface area contributed by atoms with Crippen molar-refractivity contribution in [3.05, 3.63) is 28.3 Å². The molecule has 0 aromatic heterocycles. The van der Waals surface area contributed by atoms with E-state index < -0.39 is 16.9 Å². The Kier molecular flexibility index (Phi) is 4.00. The Balaban J connectivity index is 2.86. The molecule has 0 aliphatic carbocycles. The van der Waals surface area contributed by atoms with E-state index in [1.54, 1.807) is 6.92 Å². The summed E-state index contributed by atoms with van der Waals surface area (Å²) in [5, 5.41) is 22.3. The van der Waals surface area contributed by atoms with Crippen LogP contribution < -0.4 is 11.1 Å². The SMILES string of the molecule is CCC(N)C(=O)Nc1ccc([N+](=O)[O-])cc1O. The molecule has 0 heterocycles. The van der Waals surface area contributed by atoms with Crippen molar-refractivity contribution in [1.82, 2.24) is 0 Å². The molecule has 7 heteroatoms. The molecule has 0 radical (unpaired) electrons. The second kappa shape index (κ2) is 5.26. The summed E-state index contributed by atoms with van der Waals surface area (Å²) in [5.74, 6) is -0.812. The topological polar surface area (TPSA) is 118 Å². The lowest BCUT2D eigenvalue weighted by atomic mass is 10.2. The number of anilines is 1. The number of benzene rings is 1. The standard InChI is InChI=1S/C10H13N3O4/c1-2-7(11)10(15)12-8-4-3-6(13(16)17)5-9(8)14/h3-5,7,14H,2,11H2,1H3,(H,12,15). The highest BCUT2D eigenvalue weighted by molar-refractivity contribution is 5.95. The van der Waals surface area contributed by atoms with Crippen LogP contribution in [0.25, 0.3) is 0 Å². The molecule has 1 amide bonds. The van der Waals surface area contributed by atoms with Crippen molar-refractivity contribution in [1.29, 1.82) is 0 Å². The number of carbonyl (C=O) groups excluding carboxylic acids is 1. The van der Waals surface area contributed by atoms with Gasteiger partial charge in [0.25, 0.3) is 5.69 Å². The number of nitrogens with one attached hydrogen (secondary N) is 1. The molecule has 0 spiro atoms. The normalized spacial score (nSPS) is 11.9. The summed E-state index contributed by atoms with van der Waals surface area (Å²) in [5.41, 5.74) is 5.34. The molecule has 1 rings (SSSR count). The summed E-state index contributed by atoms with van der Waals surface area (Å²) in [6.07, 6.45) is 0.458. The van der Waals surface area contributed by atoms with Gasteiger partial charge in [0.15, 0.2) is 0 Å². The Hall–Kier alpha value is -2.15. The van der Waals surface area contributed by atoms with Gasteiger partial charge in [0.1, 0.15) is 5.75 Å². The van der Waals surface area contributed by atoms with Crippen LogP contribution >= 0.6 is 0 Å². The number of nitrogens with two attached hydrogens (primary N) is 1. The van der Waals surface area contributed by atoms with E-state index in [0.29, 0.717) is 6.42 Å². The maximum atomic E-state index is 11.4. The van der Waals surface area contributed by atoms with Crippen molar-refractivity contribution in [2.45, 2.75) is 19.4 Å². The third kappa shape index (κ3) is 3.15. The molecule has 0 aliphatic heterocycles. The van der Waals surface area contributed by atoms with Crippen LogP contribution in [0.3, 0.4) is 0 Å². The van der Waals surface area contributed by atoms with E-state index in [-0.39, 0.29) is 17.1 Å². The molecular weight excluding hydrogens is 226 g/mol. The third-order valence-corrected chi connectivity index (χ3v) is 2.23. The van der Waals surface area contributed by atoms with Crippen molar-refractivity contribution >= 4 is 17.3 Å². The zero-order valence-corrected chi connectivity index (χ0v) is 9.21. The Morgan fingerprint density at radius 1 is 1.65 bits per heavy atom. The maximum Gasteiger partial charge on any atom is 0.273 e. The zero-order chi connectivity index (χ0) is 13.0. The molecule has 0 bridgehead atoms. The van der Waals surface area contributed by atoms with Crippen molar-refractivity contribution in [2.24, 2.45) is 5.73 Å². The maximum absolute atomic E-state index is 11.4. The lowest BCUT2D eigenvalue weighted by molar-refractivity contribution is -0.384. The van der Waals surface area contributed by atoms with Gasteiger partial charge < -0.3 is 16.2 Å². The third-order valence-electron chi connectivity index (χ3n) is 2.23. The zero-order valence-electron chi connectivity index (χ0n) is 9.21. The van der Waals surface area contributed by atoms with Gasteiger partial charge in [-0.25, -0.2) is 0 Å². The number of amides is 1. The van der Waals surface area contributed by atoms with Crippen LogP contribution in [0.1, 0.15) is 13.3 Å². The van der Waals surface area contributed by atoms with E-state index in [0.717, 1.165) is 6.07 Å². The van der Waals surface area contributed by atoms with Gasteiger partial charge in [-0.3, -0.25) is 14.9 Å². The lowest BCUT2D eigenvalue weighted by Gasteiger charge is -2.10. The number of hydrogen-bond donors (Lipinski definition) is 3. The summed E-state index contributed by atoms with van der Waals surface area (Å²) in [6, 6.07) is 2.73. The highest BCUT2D eigenvalue weighted by atomic mass is 16.6. The molecule has 4 N–H and O–H groups in total. The van der Waals surface area contributed by atoms with Gasteiger partial charge in [0, 0.05) is 6.07 Å². The van der Waals surface area contributed by atoms with Gasteiger partial charge >= 0.3 is 0 Å². The highest BCUT2D eigenvalue weighted by Gasteiger charge is 2.15. The first-order valence-electron chi connectivity index (χ1n) is 4.99. The molecule has 17 heavy (non-hydrogen) atoms. The Labute approximate surface area is 97.4 Å². The number of hydrogen-bond acceptors (Lipinski definition) is 5. The van der Waals surface area contributed by atoms with Crippen molar-refractivity contribution in [3.63, 3.8) is 0 Å². The predicted octanol–water partition coefficient (Wildman–Crippen LogP) is 0.976. The Morgan fingerprint density at radius 3 is 2.76 bits per heavy atom. The fraction of sp³-hybridized carbons (Fsp3) is 0.300. The minimum Gasteiger partial charge on any atom is -0.506 e. The largest absolute Gasteiger partial charge is 0.506 e. The quantitative estimate of drug-likeness (QED) is 0.411. The molecule has 7 nitrogen and oxygen atoms in total. The molecule has 1 aromatic carbocycles. The van der Waals surface area contributed by atoms with Crippen LogP contribution in [0.2, 0.25) is 0 Å². The number of non-ortho nitro benzene ring substituents is 1. The van der Waals surface area contributed by atoms with E-state index in [1.165, 1.54) is 12.1 Å². The molecule has 0 saturated carbocycles. The van der Waals surface area contributed by atoms with E-state index in [2.05, 4.69) is 5.32 Å². The number of nitrogens with zero attached hydrogens (tertiary/aromatic N) is 1. The number of aromatic hydroxyl groups is 1. The van der Waals surface area contributed by atoms with Crippen LogP contribution in [0.4, 0.5) is 11.4 Å². The minimum atomic E-state index is -0.676. The molecule has 0 fully saturated rings. The number of rotatable bonds is 4. The summed E-state index contributed by atoms with van der Waals surface area (Å²) in [6.45, 7) is 1.75. The van der Waals surface area contributed by atoms with Crippen LogP contribution in [-0.4, -0.2) is 22.0 Å². The summed E-state index contributed by atoms with van der Waals surface area (Å²) < 4.78 is 0. The van der Waals surface area contributed by atoms with Gasteiger partial charge in [0.05, 0.1) is 22.7 Å². The van der Waals surface area contributed by atoms with Gasteiger partial charge in [-0.2, -0.15) is 0 Å². The van der Waals surface area contributed by atoms with Crippen LogP contribution in [0.5, 0.6) is 5.75 Å². The summed E-state index contributed by atoms with van der Waals surface area (Å²) >= 11 is 0. The number of nitro groups is 1. The van der Waals surface area contributed by atoms with Gasteiger partial charge in [0.2, 0.25) is 5.91 Å². The van der Waals surface area contributed by atoms with Gasteiger partial charge in [-0.05, 0) is 12.5 Å². The summed E-state index contributed by atoms with van der Waals surface area (Å²) in [4.78, 5) is 21.2. The number of phenolic OH excluding ortho intramolecular Hbond substituents is 1. The molecule has 1 unspecified atom stereocenters. The molecule has 92 valence electrons. The fourth-order valence-electron chi connectivity index (χ4n) is 1.15. The molecule has 1 atom stereocenters. The molecule has 1 aromatic rings. The van der Waals surface area contributed by atoms with Gasteiger partial charge in [-0.15, -0.1) is 0 Å². The van der Waals surface area contributed by atoms with E-state index in [9.17, 15) is 20.0 Å². The monoisotopic (exact) mass is 239 g/mol. The van der Waals surface area contributed by atoms with Crippen LogP contribution in [0.15, 0.2) is 18.2 Å². The van der Waals surface area contributed by atoms with E-state index in [4.69, 9.17) is 5.73 Å². The van der Waals surface area contributed by atoms with Crippen molar-refractivity contribution < 1.29 is 14.8 Å². The summed E-state index contributed by atoms with van der Waals surface area (Å²) in [7, 11) is 0. The minimum absolute atomic E-state index is 0.101. The van der Waals surface area contributed by atoms with Crippen LogP contribution in [0, 0.1) is 10.1 Å². The van der Waals surface area contributed by atoms with Gasteiger partial charge in [-0.1, -0.05) is 6.92 Å². The average Bonchev–Trinajstić information content (AvgIpc) is 2.30. The second-order valence-corrected chi connectivity index (χ2v) is 3.46.